The van der Waals surface area contributed by atoms with Gasteiger partial charge >= 0.3 is 6.18 Å². The van der Waals surface area contributed by atoms with Crippen LogP contribution in [0.15, 0.2) is 42.6 Å². The van der Waals surface area contributed by atoms with Crippen molar-refractivity contribution in [2.45, 2.75) is 25.6 Å². The molecule has 1 heterocycles. The van der Waals surface area contributed by atoms with Crippen molar-refractivity contribution in [3.05, 3.63) is 48.3 Å². The molecule has 0 aliphatic heterocycles. The predicted molar refractivity (Wildman–Crippen MR) is 70.7 cm³/mol. The van der Waals surface area contributed by atoms with E-state index in [1.807, 2.05) is 30.3 Å². The number of halogens is 3. The Balaban J connectivity index is 2.33. The molecule has 0 aliphatic carbocycles. The van der Waals surface area contributed by atoms with Gasteiger partial charge in [0.2, 0.25) is 0 Å². The van der Waals surface area contributed by atoms with Gasteiger partial charge in [-0.15, -0.1) is 0 Å². The van der Waals surface area contributed by atoms with Crippen LogP contribution in [0.2, 0.25) is 0 Å². The summed E-state index contributed by atoms with van der Waals surface area (Å²) in [7, 11) is 0. The monoisotopic (exact) mass is 283 g/mol. The van der Waals surface area contributed by atoms with E-state index in [9.17, 15) is 13.2 Å². The second-order valence-corrected chi connectivity index (χ2v) is 4.43. The van der Waals surface area contributed by atoms with Crippen molar-refractivity contribution in [2.75, 3.05) is 6.54 Å². The van der Waals surface area contributed by atoms with E-state index >= 15 is 0 Å². The third kappa shape index (κ3) is 3.60. The fraction of sp³-hybridized carbons (Fsp3) is 0.357. The predicted octanol–water partition coefficient (Wildman–Crippen LogP) is 3.48. The van der Waals surface area contributed by atoms with Gasteiger partial charge in [-0.25, -0.2) is 4.68 Å². The van der Waals surface area contributed by atoms with Crippen LogP contribution in [-0.2, 0) is 0 Å². The average Bonchev–Trinajstić information content (AvgIpc) is 2.87. The zero-order valence-electron chi connectivity index (χ0n) is 11.1. The first kappa shape index (κ1) is 14.6. The molecule has 1 aromatic carbocycles. The molecule has 2 aromatic rings. The van der Waals surface area contributed by atoms with E-state index in [-0.39, 0.29) is 0 Å². The average molecular weight is 283 g/mol. The van der Waals surface area contributed by atoms with Gasteiger partial charge in [-0.2, -0.15) is 18.3 Å². The molecular formula is C14H16F3N3. The van der Waals surface area contributed by atoms with Gasteiger partial charge in [-0.1, -0.05) is 25.1 Å². The fourth-order valence-corrected chi connectivity index (χ4v) is 2.12. The summed E-state index contributed by atoms with van der Waals surface area (Å²) in [6.07, 6.45) is -3.62. The molecule has 1 atom stereocenters. The molecule has 1 unspecified atom stereocenters. The van der Waals surface area contributed by atoms with Crippen molar-refractivity contribution in [3.8, 4) is 5.69 Å². The summed E-state index contributed by atoms with van der Waals surface area (Å²) in [6.45, 7) is 2.24. The molecule has 20 heavy (non-hydrogen) atoms. The Kier molecular flexibility index (Phi) is 4.44. The van der Waals surface area contributed by atoms with Crippen molar-refractivity contribution in [2.24, 2.45) is 0 Å². The number of nitrogens with zero attached hydrogens (tertiary/aromatic N) is 2. The Hall–Kier alpha value is -1.82. The van der Waals surface area contributed by atoms with Gasteiger partial charge in [0.05, 0.1) is 23.8 Å². The van der Waals surface area contributed by atoms with Crippen LogP contribution in [0.3, 0.4) is 0 Å². The highest BCUT2D eigenvalue weighted by Gasteiger charge is 2.33. The highest BCUT2D eigenvalue weighted by atomic mass is 19.4. The molecule has 1 N–H and O–H groups in total. The molecule has 108 valence electrons. The molecule has 2 rings (SSSR count). The number of alkyl halides is 3. The zero-order chi connectivity index (χ0) is 14.6. The van der Waals surface area contributed by atoms with E-state index in [0.29, 0.717) is 12.2 Å². The van der Waals surface area contributed by atoms with Gasteiger partial charge in [0.15, 0.2) is 0 Å². The normalized spacial score (nSPS) is 13.4. The van der Waals surface area contributed by atoms with E-state index in [1.165, 1.54) is 6.20 Å². The number of nitrogens with one attached hydrogen (secondary N) is 1. The van der Waals surface area contributed by atoms with E-state index < -0.39 is 18.6 Å². The molecule has 0 fully saturated rings. The zero-order valence-corrected chi connectivity index (χ0v) is 11.1. The quantitative estimate of drug-likeness (QED) is 0.910. The van der Waals surface area contributed by atoms with Crippen molar-refractivity contribution in [1.82, 2.24) is 15.1 Å². The van der Waals surface area contributed by atoms with Crippen LogP contribution in [0.1, 0.15) is 25.1 Å². The Morgan fingerprint density at radius 2 is 1.90 bits per heavy atom. The molecule has 0 amide bonds. The molecule has 0 aliphatic rings. The number of benzene rings is 1. The third-order valence-corrected chi connectivity index (χ3v) is 2.92. The molecule has 0 saturated heterocycles. The van der Waals surface area contributed by atoms with Gasteiger partial charge in [-0.05, 0) is 24.7 Å². The van der Waals surface area contributed by atoms with E-state index in [0.717, 1.165) is 5.69 Å². The highest BCUT2D eigenvalue weighted by Crippen LogP contribution is 2.30. The Labute approximate surface area is 115 Å². The first-order chi connectivity index (χ1) is 9.51. The van der Waals surface area contributed by atoms with Crippen molar-refractivity contribution >= 4 is 0 Å². The van der Waals surface area contributed by atoms with Crippen LogP contribution in [-0.4, -0.2) is 22.5 Å². The molecule has 3 nitrogen and oxygen atoms in total. The summed E-state index contributed by atoms with van der Waals surface area (Å²) < 4.78 is 39.6. The van der Waals surface area contributed by atoms with Crippen LogP contribution in [0.25, 0.3) is 5.69 Å². The molecule has 0 bridgehead atoms. The first-order valence-electron chi connectivity index (χ1n) is 6.40. The Bertz CT molecular complexity index is 534. The largest absolute Gasteiger partial charge is 0.390 e. The molecule has 1 aromatic heterocycles. The second-order valence-electron chi connectivity index (χ2n) is 4.43. The van der Waals surface area contributed by atoms with Crippen molar-refractivity contribution in [1.29, 1.82) is 0 Å². The SMILES string of the molecule is CCNC(CC(F)(F)F)c1ccnn1-c1ccccc1. The number of aromatic nitrogens is 2. The lowest BCUT2D eigenvalue weighted by Crippen LogP contribution is -2.28. The minimum absolute atomic E-state index is 0.459. The van der Waals surface area contributed by atoms with Gasteiger partial charge < -0.3 is 5.32 Å². The number of hydrogen-bond acceptors (Lipinski definition) is 2. The molecule has 0 radical (unpaired) electrons. The molecule has 0 saturated carbocycles. The standard InChI is InChI=1S/C14H16F3N3/c1-2-18-12(10-14(15,16)17)13-8-9-19-20(13)11-6-4-3-5-7-11/h3-9,12,18H,2,10H2,1H3. The van der Waals surface area contributed by atoms with Crippen LogP contribution in [0.5, 0.6) is 0 Å². The van der Waals surface area contributed by atoms with E-state index in [4.69, 9.17) is 0 Å². The summed E-state index contributed by atoms with van der Waals surface area (Å²) in [5.41, 5.74) is 1.26. The summed E-state index contributed by atoms with van der Waals surface area (Å²) in [4.78, 5) is 0. The first-order valence-corrected chi connectivity index (χ1v) is 6.40. The number of hydrogen-bond donors (Lipinski definition) is 1. The van der Waals surface area contributed by atoms with Crippen LogP contribution >= 0.6 is 0 Å². The number of para-hydroxylation sites is 1. The smallest absolute Gasteiger partial charge is 0.309 e. The maximum Gasteiger partial charge on any atom is 0.390 e. The topological polar surface area (TPSA) is 29.9 Å². The van der Waals surface area contributed by atoms with Crippen LogP contribution in [0.4, 0.5) is 13.2 Å². The lowest BCUT2D eigenvalue weighted by atomic mass is 10.1. The summed E-state index contributed by atoms with van der Waals surface area (Å²) in [5.74, 6) is 0. The fourth-order valence-electron chi connectivity index (χ4n) is 2.12. The minimum Gasteiger partial charge on any atom is -0.309 e. The van der Waals surface area contributed by atoms with E-state index in [1.54, 1.807) is 17.7 Å². The Morgan fingerprint density at radius 1 is 1.20 bits per heavy atom. The summed E-state index contributed by atoms with van der Waals surface area (Å²) >= 11 is 0. The maximum atomic E-state index is 12.7. The van der Waals surface area contributed by atoms with Gasteiger partial charge in [0, 0.05) is 6.20 Å². The minimum atomic E-state index is -4.22. The second kappa shape index (κ2) is 6.09. The van der Waals surface area contributed by atoms with Crippen molar-refractivity contribution in [3.63, 3.8) is 0 Å². The lowest BCUT2D eigenvalue weighted by Gasteiger charge is -2.20. The molecular weight excluding hydrogens is 267 g/mol. The summed E-state index contributed by atoms with van der Waals surface area (Å²) in [6, 6.07) is 9.94. The molecule has 0 spiro atoms. The van der Waals surface area contributed by atoms with Gasteiger partial charge in [0.25, 0.3) is 0 Å². The van der Waals surface area contributed by atoms with Crippen LogP contribution < -0.4 is 5.32 Å². The van der Waals surface area contributed by atoms with Crippen molar-refractivity contribution < 1.29 is 13.2 Å². The van der Waals surface area contributed by atoms with Crippen LogP contribution in [0, 0.1) is 0 Å². The van der Waals surface area contributed by atoms with E-state index in [2.05, 4.69) is 10.4 Å². The van der Waals surface area contributed by atoms with Gasteiger partial charge in [-0.3, -0.25) is 0 Å². The highest BCUT2D eigenvalue weighted by molar-refractivity contribution is 5.33. The third-order valence-electron chi connectivity index (χ3n) is 2.92. The number of rotatable bonds is 5. The molecule has 6 heteroatoms. The van der Waals surface area contributed by atoms with Gasteiger partial charge in [0.1, 0.15) is 0 Å². The maximum absolute atomic E-state index is 12.7. The Morgan fingerprint density at radius 3 is 2.50 bits per heavy atom. The lowest BCUT2D eigenvalue weighted by molar-refractivity contribution is -0.140. The summed E-state index contributed by atoms with van der Waals surface area (Å²) in [5, 5.41) is 7.00.